The second-order valence-corrected chi connectivity index (χ2v) is 16.8. The van der Waals surface area contributed by atoms with Crippen LogP contribution in [0.1, 0.15) is 91.3 Å². The van der Waals surface area contributed by atoms with E-state index in [0.29, 0.717) is 36.9 Å². The highest BCUT2D eigenvalue weighted by Gasteiger charge is 2.41. The number of nitrogens with zero attached hydrogens (tertiary/aromatic N) is 3. The van der Waals surface area contributed by atoms with Gasteiger partial charge in [0.05, 0.1) is 12.4 Å². The summed E-state index contributed by atoms with van der Waals surface area (Å²) in [6, 6.07) is -2.00. The quantitative estimate of drug-likeness (QED) is 0.0342. The lowest BCUT2D eigenvalue weighted by atomic mass is 9.96. The number of amides is 6. The number of hydrogen-bond acceptors (Lipinski definition) is 11. The molecule has 2 aromatic rings. The summed E-state index contributed by atoms with van der Waals surface area (Å²) in [4.78, 5) is 108. The van der Waals surface area contributed by atoms with Gasteiger partial charge in [-0.05, 0) is 61.1 Å². The van der Waals surface area contributed by atoms with Crippen molar-refractivity contribution >= 4 is 47.4 Å². The number of carbonyl (C=O) groups excluding carboxylic acids is 6. The minimum absolute atomic E-state index is 0.0184. The molecule has 0 spiro atoms. The SMILES string of the molecule is CC[C@H](C)[C@H](NC(=O)[C@@H]1CCCN1C(=O)[C@H](Cc1cnc[nH]1)NC(=O)[C@@H](NC(=O)[C@H](Cc1ccc(O)cc1)NC(=O)[C@@H](NC(=O)[C@@H](N)CCCN=C(N)N)C(C)C)[C@@H](C)CC)C(=O)O. The molecule has 64 heavy (non-hydrogen) atoms. The third-order valence-corrected chi connectivity index (χ3v) is 11.6. The Balaban J connectivity index is 1.89. The molecule has 1 aromatic carbocycles. The molecule has 6 amide bonds. The van der Waals surface area contributed by atoms with Gasteiger partial charge in [-0.25, -0.2) is 9.78 Å². The van der Waals surface area contributed by atoms with E-state index in [4.69, 9.17) is 17.2 Å². The number of nitrogens with one attached hydrogen (secondary N) is 6. The van der Waals surface area contributed by atoms with Gasteiger partial charge in [-0.3, -0.25) is 33.8 Å². The number of aliphatic carboxylic acids is 1. The Bertz CT molecular complexity index is 1910. The number of aliphatic imine (C=N–C) groups is 1. The van der Waals surface area contributed by atoms with E-state index in [9.17, 15) is 43.8 Å². The fraction of sp³-hybridized carbons (Fsp3) is 0.605. The number of carboxylic acid groups (broad SMARTS) is 1. The van der Waals surface area contributed by atoms with E-state index < -0.39 is 95.5 Å². The number of carbonyl (C=O) groups is 7. The molecule has 1 aliphatic heterocycles. The lowest BCUT2D eigenvalue weighted by Gasteiger charge is -2.32. The van der Waals surface area contributed by atoms with Gasteiger partial charge in [-0.1, -0.05) is 66.5 Å². The lowest BCUT2D eigenvalue weighted by Crippen LogP contribution is -2.61. The highest BCUT2D eigenvalue weighted by atomic mass is 16.4. The number of hydrogen-bond donors (Lipinski definition) is 11. The van der Waals surface area contributed by atoms with E-state index in [1.165, 1.54) is 29.6 Å². The van der Waals surface area contributed by atoms with Gasteiger partial charge in [0.15, 0.2) is 5.96 Å². The number of nitrogens with two attached hydrogens (primary N) is 3. The van der Waals surface area contributed by atoms with E-state index in [2.05, 4.69) is 41.5 Å². The molecule has 3 rings (SSSR count). The summed E-state index contributed by atoms with van der Waals surface area (Å²) in [5, 5.41) is 33.4. The minimum Gasteiger partial charge on any atom is -0.508 e. The molecule has 1 saturated heterocycles. The molecule has 1 aliphatic rings. The van der Waals surface area contributed by atoms with Gasteiger partial charge in [0.25, 0.3) is 0 Å². The zero-order chi connectivity index (χ0) is 47.7. The van der Waals surface area contributed by atoms with Crippen molar-refractivity contribution in [3.8, 4) is 5.75 Å². The van der Waals surface area contributed by atoms with Crippen LogP contribution in [0, 0.1) is 17.8 Å². The fourth-order valence-electron chi connectivity index (χ4n) is 7.25. The van der Waals surface area contributed by atoms with Crippen molar-refractivity contribution < 1.29 is 43.8 Å². The van der Waals surface area contributed by atoms with Gasteiger partial charge in [0.2, 0.25) is 35.4 Å². The Kier molecular flexibility index (Phi) is 20.5. The Hall–Kier alpha value is -6.25. The summed E-state index contributed by atoms with van der Waals surface area (Å²) in [6.45, 7) is 11.0. The van der Waals surface area contributed by atoms with Gasteiger partial charge in [0, 0.05) is 37.8 Å². The molecule has 0 bridgehead atoms. The Labute approximate surface area is 373 Å². The molecule has 0 saturated carbocycles. The summed E-state index contributed by atoms with van der Waals surface area (Å²) >= 11 is 0. The second kappa shape index (κ2) is 25.1. The molecule has 0 unspecified atom stereocenters. The molecule has 1 fully saturated rings. The van der Waals surface area contributed by atoms with E-state index in [-0.39, 0.29) is 56.4 Å². The number of phenols is 1. The highest BCUT2D eigenvalue weighted by Crippen LogP contribution is 2.22. The Morgan fingerprint density at radius 2 is 1.44 bits per heavy atom. The van der Waals surface area contributed by atoms with Crippen LogP contribution in [-0.2, 0) is 46.4 Å². The molecule has 1 aromatic heterocycles. The number of phenolic OH excluding ortho intramolecular Hbond substituents is 1. The number of aromatic amines is 1. The third-order valence-electron chi connectivity index (χ3n) is 11.6. The van der Waals surface area contributed by atoms with E-state index in [0.717, 1.165) is 0 Å². The molecule has 0 radical (unpaired) electrons. The number of aromatic nitrogens is 2. The van der Waals surface area contributed by atoms with E-state index in [1.54, 1.807) is 39.8 Å². The maximum atomic E-state index is 14.4. The van der Waals surface area contributed by atoms with Crippen LogP contribution < -0.4 is 43.8 Å². The fourth-order valence-corrected chi connectivity index (χ4v) is 7.25. The van der Waals surface area contributed by atoms with Crippen molar-refractivity contribution in [1.82, 2.24) is 41.5 Å². The normalized spacial score (nSPS) is 17.4. The zero-order valence-corrected chi connectivity index (χ0v) is 37.6. The van der Waals surface area contributed by atoms with Gasteiger partial charge in [-0.15, -0.1) is 0 Å². The number of guanidine groups is 1. The Morgan fingerprint density at radius 1 is 0.828 bits per heavy atom. The molecule has 14 N–H and O–H groups in total. The van der Waals surface area contributed by atoms with Crippen LogP contribution in [0.15, 0.2) is 41.8 Å². The summed E-state index contributed by atoms with van der Waals surface area (Å²) in [5.41, 5.74) is 17.9. The number of carboxylic acids is 1. The minimum atomic E-state index is -1.29. The number of likely N-dealkylation sites (tertiary alicyclic amines) is 1. The lowest BCUT2D eigenvalue weighted by molar-refractivity contribution is -0.146. The molecular formula is C43H68N12O9. The molecule has 0 aliphatic carbocycles. The smallest absolute Gasteiger partial charge is 0.326 e. The molecule has 354 valence electrons. The van der Waals surface area contributed by atoms with Crippen LogP contribution in [0.2, 0.25) is 0 Å². The van der Waals surface area contributed by atoms with Crippen molar-refractivity contribution in [2.45, 2.75) is 135 Å². The van der Waals surface area contributed by atoms with Crippen molar-refractivity contribution in [1.29, 1.82) is 0 Å². The average Bonchev–Trinajstić information content (AvgIpc) is 3.97. The highest BCUT2D eigenvalue weighted by molar-refractivity contribution is 5.97. The molecular weight excluding hydrogens is 829 g/mol. The van der Waals surface area contributed by atoms with Crippen molar-refractivity contribution in [2.24, 2.45) is 39.9 Å². The monoisotopic (exact) mass is 897 g/mol. The summed E-state index contributed by atoms with van der Waals surface area (Å²) < 4.78 is 0. The second-order valence-electron chi connectivity index (χ2n) is 16.8. The van der Waals surface area contributed by atoms with Crippen LogP contribution in [0.5, 0.6) is 5.75 Å². The van der Waals surface area contributed by atoms with Gasteiger partial charge < -0.3 is 63.9 Å². The van der Waals surface area contributed by atoms with Gasteiger partial charge in [0.1, 0.15) is 42.0 Å². The van der Waals surface area contributed by atoms with Crippen LogP contribution in [0.3, 0.4) is 0 Å². The molecule has 2 heterocycles. The summed E-state index contributed by atoms with van der Waals surface area (Å²) in [7, 11) is 0. The third kappa shape index (κ3) is 15.5. The molecule has 21 nitrogen and oxygen atoms in total. The van der Waals surface area contributed by atoms with Crippen molar-refractivity contribution in [3.63, 3.8) is 0 Å². The zero-order valence-electron chi connectivity index (χ0n) is 37.6. The maximum absolute atomic E-state index is 14.4. The predicted octanol–water partition coefficient (Wildman–Crippen LogP) is -0.471. The van der Waals surface area contributed by atoms with Crippen molar-refractivity contribution in [2.75, 3.05) is 13.1 Å². The summed E-state index contributed by atoms with van der Waals surface area (Å²) in [5.74, 6) is -6.54. The van der Waals surface area contributed by atoms with Crippen molar-refractivity contribution in [3.05, 3.63) is 48.0 Å². The van der Waals surface area contributed by atoms with E-state index in [1.807, 2.05) is 13.8 Å². The van der Waals surface area contributed by atoms with Crippen LogP contribution in [0.25, 0.3) is 0 Å². The summed E-state index contributed by atoms with van der Waals surface area (Å²) in [6.07, 6.45) is 5.07. The maximum Gasteiger partial charge on any atom is 0.326 e. The molecule has 21 heteroatoms. The van der Waals surface area contributed by atoms with Crippen LogP contribution >= 0.6 is 0 Å². The number of imidazole rings is 1. The first kappa shape index (κ1) is 52.1. The van der Waals surface area contributed by atoms with E-state index >= 15 is 0 Å². The molecule has 9 atom stereocenters. The van der Waals surface area contributed by atoms with Gasteiger partial charge in [-0.2, -0.15) is 0 Å². The first-order valence-corrected chi connectivity index (χ1v) is 21.9. The van der Waals surface area contributed by atoms with Crippen LogP contribution in [0.4, 0.5) is 0 Å². The Morgan fingerprint density at radius 3 is 2.02 bits per heavy atom. The standard InChI is InChI=1S/C43H68N12O9/c1-7-24(5)34(40(61)51-31(20-27-21-47-22-49-27)41(62)55-18-10-12-32(55)38(59)54-35(42(63)64)25(6)8-2)53-37(58)30(19-26-13-15-28(56)16-14-26)50-39(60)33(23(3)4)52-36(57)29(44)11-9-17-48-43(45)46/h13-16,21-25,29-35,56H,7-12,17-20,44H2,1-6H3,(H,47,49)(H,50,60)(H,51,61)(H,52,57)(H,53,58)(H,54,59)(H,63,64)(H4,45,46,48)/t24-,25-,29-,30-,31-,32-,33-,34-,35-/m0/s1. The van der Waals surface area contributed by atoms with Gasteiger partial charge >= 0.3 is 5.97 Å². The topological polar surface area (TPSA) is 342 Å². The average molecular weight is 897 g/mol. The first-order valence-electron chi connectivity index (χ1n) is 21.9. The van der Waals surface area contributed by atoms with Crippen LogP contribution in [-0.4, -0.2) is 128 Å². The first-order chi connectivity index (χ1) is 30.3. The number of H-pyrrole nitrogens is 1. The predicted molar refractivity (Wildman–Crippen MR) is 238 cm³/mol. The number of rotatable bonds is 25. The number of aromatic hydroxyl groups is 1. The largest absolute Gasteiger partial charge is 0.508 e. The number of benzene rings is 1.